The second-order valence-corrected chi connectivity index (χ2v) is 6.74. The Balaban J connectivity index is 1.59. The summed E-state index contributed by atoms with van der Waals surface area (Å²) in [4.78, 5) is 26.2. The van der Waals surface area contributed by atoms with E-state index in [1.807, 2.05) is 0 Å². The van der Waals surface area contributed by atoms with Gasteiger partial charge in [0.05, 0.1) is 22.6 Å². The first-order valence-electron chi connectivity index (χ1n) is 8.12. The van der Waals surface area contributed by atoms with Gasteiger partial charge in [0.25, 0.3) is 11.5 Å². The van der Waals surface area contributed by atoms with E-state index in [1.165, 1.54) is 9.36 Å². The molecule has 2 aromatic rings. The zero-order valence-electron chi connectivity index (χ0n) is 14.5. The van der Waals surface area contributed by atoms with Crippen LogP contribution in [0.25, 0.3) is 0 Å². The molecule has 2 aromatic heterocycles. The van der Waals surface area contributed by atoms with Gasteiger partial charge in [0.15, 0.2) is 0 Å². The maximum absolute atomic E-state index is 12.4. The molecule has 1 aliphatic heterocycles. The van der Waals surface area contributed by atoms with E-state index < -0.39 is 0 Å². The maximum atomic E-state index is 12.4. The molecule has 0 unspecified atom stereocenters. The van der Waals surface area contributed by atoms with Gasteiger partial charge in [0.2, 0.25) is 0 Å². The average Bonchev–Trinajstić information content (AvgIpc) is 3.13. The van der Waals surface area contributed by atoms with Crippen molar-refractivity contribution in [3.63, 3.8) is 0 Å². The van der Waals surface area contributed by atoms with E-state index in [2.05, 4.69) is 20.4 Å². The normalized spacial score (nSPS) is 17.1. The molecule has 0 bridgehead atoms. The number of carbonyl (C=O) groups is 1. The van der Waals surface area contributed by atoms with E-state index in [1.54, 1.807) is 33.3 Å². The summed E-state index contributed by atoms with van der Waals surface area (Å²) >= 11 is 6.14. The van der Waals surface area contributed by atoms with Crippen LogP contribution in [-0.2, 0) is 14.1 Å². The Morgan fingerprint density at radius 2 is 2.16 bits per heavy atom. The SMILES string of the molecule is Cc1nn(C)c(C(=O)NC[C@H]2CCN(c3cnn(C)c(=O)c3)C2)c1Cl. The highest BCUT2D eigenvalue weighted by molar-refractivity contribution is 6.34. The Hall–Kier alpha value is -2.35. The third-order valence-corrected chi connectivity index (χ3v) is 4.97. The summed E-state index contributed by atoms with van der Waals surface area (Å²) < 4.78 is 2.80. The number of aromatic nitrogens is 4. The van der Waals surface area contributed by atoms with Crippen molar-refractivity contribution in [3.05, 3.63) is 39.0 Å². The van der Waals surface area contributed by atoms with Crippen LogP contribution in [0.2, 0.25) is 5.02 Å². The zero-order chi connectivity index (χ0) is 18.1. The zero-order valence-corrected chi connectivity index (χ0v) is 15.2. The monoisotopic (exact) mass is 364 g/mol. The molecule has 1 amide bonds. The van der Waals surface area contributed by atoms with Crippen LogP contribution in [0, 0.1) is 12.8 Å². The number of anilines is 1. The van der Waals surface area contributed by atoms with Crippen molar-refractivity contribution in [2.24, 2.45) is 20.0 Å². The summed E-state index contributed by atoms with van der Waals surface area (Å²) in [6, 6.07) is 1.59. The molecule has 0 saturated carbocycles. The van der Waals surface area contributed by atoms with E-state index in [9.17, 15) is 9.59 Å². The van der Waals surface area contributed by atoms with Crippen LogP contribution in [0.4, 0.5) is 5.69 Å². The van der Waals surface area contributed by atoms with Crippen molar-refractivity contribution in [2.45, 2.75) is 13.3 Å². The minimum atomic E-state index is -0.221. The average molecular weight is 365 g/mol. The predicted octanol–water partition coefficient (Wildman–Crippen LogP) is 0.732. The number of halogens is 1. The lowest BCUT2D eigenvalue weighted by Crippen LogP contribution is -2.32. The van der Waals surface area contributed by atoms with Gasteiger partial charge in [-0.2, -0.15) is 10.2 Å². The number of aryl methyl sites for hydroxylation is 3. The van der Waals surface area contributed by atoms with Crippen LogP contribution in [-0.4, -0.2) is 45.1 Å². The molecule has 0 radical (unpaired) electrons. The van der Waals surface area contributed by atoms with Crippen molar-refractivity contribution in [2.75, 3.05) is 24.5 Å². The molecule has 1 aliphatic rings. The van der Waals surface area contributed by atoms with Crippen LogP contribution >= 0.6 is 11.6 Å². The van der Waals surface area contributed by atoms with Gasteiger partial charge in [0.1, 0.15) is 5.69 Å². The lowest BCUT2D eigenvalue weighted by atomic mass is 10.1. The van der Waals surface area contributed by atoms with Crippen molar-refractivity contribution in [3.8, 4) is 0 Å². The minimum Gasteiger partial charge on any atom is -0.370 e. The standard InChI is InChI=1S/C16H21ClN6O2/c1-10-14(17)15(22(3)20-10)16(25)18-7-11-4-5-23(9-11)12-6-13(24)21(2)19-8-12/h6,8,11H,4-5,7,9H2,1-3H3,(H,18,25)/t11-/m1/s1. The van der Waals surface area contributed by atoms with Crippen LogP contribution in [0.5, 0.6) is 0 Å². The van der Waals surface area contributed by atoms with Crippen LogP contribution < -0.4 is 15.8 Å². The first-order valence-corrected chi connectivity index (χ1v) is 8.50. The molecule has 3 rings (SSSR count). The maximum Gasteiger partial charge on any atom is 0.271 e. The Morgan fingerprint density at radius 1 is 1.40 bits per heavy atom. The number of hydrogen-bond donors (Lipinski definition) is 1. The second-order valence-electron chi connectivity index (χ2n) is 6.36. The summed E-state index contributed by atoms with van der Waals surface area (Å²) in [5.74, 6) is 0.0860. The quantitative estimate of drug-likeness (QED) is 0.864. The molecule has 0 aliphatic carbocycles. The van der Waals surface area contributed by atoms with Crippen molar-refractivity contribution in [1.29, 1.82) is 0 Å². The Morgan fingerprint density at radius 3 is 2.80 bits per heavy atom. The molecule has 1 N–H and O–H groups in total. The molecule has 3 heterocycles. The molecule has 8 nitrogen and oxygen atoms in total. The summed E-state index contributed by atoms with van der Waals surface area (Å²) in [6.07, 6.45) is 2.63. The van der Waals surface area contributed by atoms with Gasteiger partial charge in [-0.05, 0) is 19.3 Å². The van der Waals surface area contributed by atoms with Gasteiger partial charge < -0.3 is 10.2 Å². The van der Waals surface area contributed by atoms with Gasteiger partial charge >= 0.3 is 0 Å². The third-order valence-electron chi connectivity index (χ3n) is 4.52. The van der Waals surface area contributed by atoms with Crippen molar-refractivity contribution >= 4 is 23.2 Å². The number of amides is 1. The number of hydrogen-bond acceptors (Lipinski definition) is 5. The molecule has 0 aromatic carbocycles. The van der Waals surface area contributed by atoms with Crippen LogP contribution in [0.3, 0.4) is 0 Å². The molecule has 134 valence electrons. The molecule has 0 spiro atoms. The summed E-state index contributed by atoms with van der Waals surface area (Å²) in [5, 5.41) is 11.5. The van der Waals surface area contributed by atoms with Crippen molar-refractivity contribution in [1.82, 2.24) is 24.9 Å². The highest BCUT2D eigenvalue weighted by Gasteiger charge is 2.25. The lowest BCUT2D eigenvalue weighted by molar-refractivity contribution is 0.0939. The third kappa shape index (κ3) is 3.53. The Bertz CT molecular complexity index is 859. The summed E-state index contributed by atoms with van der Waals surface area (Å²) in [7, 11) is 3.33. The number of nitrogens with zero attached hydrogens (tertiary/aromatic N) is 5. The fraction of sp³-hybridized carbons (Fsp3) is 0.500. The molecular formula is C16H21ClN6O2. The highest BCUT2D eigenvalue weighted by Crippen LogP contribution is 2.22. The van der Waals surface area contributed by atoms with Gasteiger partial charge in [-0.1, -0.05) is 11.6 Å². The smallest absolute Gasteiger partial charge is 0.271 e. The van der Waals surface area contributed by atoms with Crippen molar-refractivity contribution < 1.29 is 4.79 Å². The fourth-order valence-electron chi connectivity index (χ4n) is 3.07. The Kier molecular flexibility index (Phi) is 4.80. The van der Waals surface area contributed by atoms with Crippen LogP contribution in [0.1, 0.15) is 22.6 Å². The summed E-state index contributed by atoms with van der Waals surface area (Å²) in [5.41, 5.74) is 1.71. The first kappa shape index (κ1) is 17.5. The number of rotatable bonds is 4. The summed E-state index contributed by atoms with van der Waals surface area (Å²) in [6.45, 7) is 3.93. The van der Waals surface area contributed by atoms with Gasteiger partial charge in [-0.15, -0.1) is 0 Å². The topological polar surface area (TPSA) is 85.1 Å². The number of nitrogens with one attached hydrogen (secondary N) is 1. The predicted molar refractivity (Wildman–Crippen MR) is 95.1 cm³/mol. The van der Waals surface area contributed by atoms with E-state index in [0.717, 1.165) is 25.2 Å². The largest absolute Gasteiger partial charge is 0.370 e. The van der Waals surface area contributed by atoms with E-state index in [0.29, 0.717) is 28.9 Å². The van der Waals surface area contributed by atoms with E-state index in [4.69, 9.17) is 11.6 Å². The number of carbonyl (C=O) groups excluding carboxylic acids is 1. The lowest BCUT2D eigenvalue weighted by Gasteiger charge is -2.18. The van der Waals surface area contributed by atoms with Crippen LogP contribution in [0.15, 0.2) is 17.1 Å². The minimum absolute atomic E-state index is 0.129. The Labute approximate surface area is 150 Å². The molecule has 1 saturated heterocycles. The molecule has 25 heavy (non-hydrogen) atoms. The molecule has 1 fully saturated rings. The van der Waals surface area contributed by atoms with Gasteiger partial charge in [-0.25, -0.2) is 4.68 Å². The fourth-order valence-corrected chi connectivity index (χ4v) is 3.31. The van der Waals surface area contributed by atoms with Gasteiger partial charge in [0, 0.05) is 39.8 Å². The molecule has 1 atom stereocenters. The molecular weight excluding hydrogens is 344 g/mol. The highest BCUT2D eigenvalue weighted by atomic mass is 35.5. The van der Waals surface area contributed by atoms with E-state index in [-0.39, 0.29) is 11.5 Å². The molecule has 9 heteroatoms. The second kappa shape index (κ2) is 6.87. The first-order chi connectivity index (χ1) is 11.9. The van der Waals surface area contributed by atoms with Gasteiger partial charge in [-0.3, -0.25) is 14.3 Å². The van der Waals surface area contributed by atoms with E-state index >= 15 is 0 Å².